The van der Waals surface area contributed by atoms with Crippen LogP contribution in [0.5, 0.6) is 0 Å². The first-order valence-electron chi connectivity index (χ1n) is 6.07. The van der Waals surface area contributed by atoms with Gasteiger partial charge in [0, 0.05) is 4.88 Å². The molecule has 0 spiro atoms. The second kappa shape index (κ2) is 6.67. The van der Waals surface area contributed by atoms with Gasteiger partial charge in [0.15, 0.2) is 0 Å². The van der Waals surface area contributed by atoms with Gasteiger partial charge < -0.3 is 10.1 Å². The molecule has 0 bridgehead atoms. The second-order valence-electron chi connectivity index (χ2n) is 4.25. The Morgan fingerprint density at radius 3 is 2.65 bits per heavy atom. The summed E-state index contributed by atoms with van der Waals surface area (Å²) in [7, 11) is 1.35. The molecule has 0 fully saturated rings. The lowest BCUT2D eigenvalue weighted by Gasteiger charge is -2.16. The number of thiophene rings is 2. The first kappa shape index (κ1) is 14.7. The Kier molecular flexibility index (Phi) is 4.92. The highest BCUT2D eigenvalue weighted by Crippen LogP contribution is 2.24. The summed E-state index contributed by atoms with van der Waals surface area (Å²) in [6.07, 6.45) is 0.132. The summed E-state index contributed by atoms with van der Waals surface area (Å²) in [6.45, 7) is 1.89. The second-order valence-corrected chi connectivity index (χ2v) is 6.15. The van der Waals surface area contributed by atoms with Crippen molar-refractivity contribution >= 4 is 34.6 Å². The van der Waals surface area contributed by atoms with Gasteiger partial charge in [0.25, 0.3) is 5.91 Å². The Hall–Kier alpha value is -1.66. The summed E-state index contributed by atoms with van der Waals surface area (Å²) in [5, 5.41) is 6.71. The molecule has 0 aliphatic carbocycles. The number of rotatable bonds is 5. The van der Waals surface area contributed by atoms with Gasteiger partial charge in [-0.05, 0) is 35.4 Å². The molecule has 0 aliphatic rings. The van der Waals surface area contributed by atoms with Crippen LogP contribution in [0, 0.1) is 6.92 Å². The van der Waals surface area contributed by atoms with Crippen molar-refractivity contribution in [3.8, 4) is 0 Å². The molecule has 1 amide bonds. The minimum atomic E-state index is -0.351. The lowest BCUT2D eigenvalue weighted by atomic mass is 10.1. The van der Waals surface area contributed by atoms with Crippen molar-refractivity contribution in [1.29, 1.82) is 0 Å². The summed E-state index contributed by atoms with van der Waals surface area (Å²) >= 11 is 2.90. The van der Waals surface area contributed by atoms with Crippen LogP contribution in [0.15, 0.2) is 29.0 Å². The molecule has 20 heavy (non-hydrogen) atoms. The minimum Gasteiger partial charge on any atom is -0.469 e. The zero-order valence-electron chi connectivity index (χ0n) is 11.2. The maximum Gasteiger partial charge on any atom is 0.307 e. The number of methoxy groups -OCH3 is 1. The van der Waals surface area contributed by atoms with Gasteiger partial charge in [-0.25, -0.2) is 0 Å². The van der Waals surface area contributed by atoms with E-state index in [1.807, 2.05) is 35.9 Å². The number of nitrogens with one attached hydrogen (secondary N) is 1. The van der Waals surface area contributed by atoms with Crippen molar-refractivity contribution in [2.75, 3.05) is 7.11 Å². The topological polar surface area (TPSA) is 55.4 Å². The van der Waals surface area contributed by atoms with Crippen LogP contribution >= 0.6 is 22.7 Å². The summed E-state index contributed by atoms with van der Waals surface area (Å²) in [6, 6.07) is 5.35. The molecular formula is C14H15NO3S2. The van der Waals surface area contributed by atoms with E-state index < -0.39 is 0 Å². The van der Waals surface area contributed by atoms with Crippen LogP contribution in [0.2, 0.25) is 0 Å². The lowest BCUT2D eigenvalue weighted by molar-refractivity contribution is -0.141. The fourth-order valence-corrected chi connectivity index (χ4v) is 3.40. The number of carbonyl (C=O) groups is 2. The number of amides is 1. The van der Waals surface area contributed by atoms with Crippen LogP contribution in [-0.2, 0) is 9.53 Å². The molecule has 0 unspecified atom stereocenters. The van der Waals surface area contributed by atoms with E-state index in [1.165, 1.54) is 29.8 Å². The molecule has 2 rings (SSSR count). The van der Waals surface area contributed by atoms with Crippen LogP contribution in [-0.4, -0.2) is 19.0 Å². The largest absolute Gasteiger partial charge is 0.469 e. The first-order valence-corrected chi connectivity index (χ1v) is 7.83. The molecule has 0 saturated heterocycles. The molecule has 1 N–H and O–H groups in total. The molecule has 0 radical (unpaired) electrons. The van der Waals surface area contributed by atoms with Gasteiger partial charge >= 0.3 is 5.97 Å². The highest BCUT2D eigenvalue weighted by Gasteiger charge is 2.21. The average Bonchev–Trinajstić information content (AvgIpc) is 3.08. The van der Waals surface area contributed by atoms with Crippen LogP contribution in [0.25, 0.3) is 0 Å². The number of ether oxygens (including phenoxy) is 1. The number of esters is 1. The van der Waals surface area contributed by atoms with E-state index in [1.54, 1.807) is 0 Å². The quantitative estimate of drug-likeness (QED) is 0.863. The zero-order chi connectivity index (χ0) is 14.5. The monoisotopic (exact) mass is 309 g/mol. The summed E-state index contributed by atoms with van der Waals surface area (Å²) in [4.78, 5) is 25.4. The van der Waals surface area contributed by atoms with Gasteiger partial charge in [-0.3, -0.25) is 9.59 Å². The lowest BCUT2D eigenvalue weighted by Crippen LogP contribution is -2.29. The minimum absolute atomic E-state index is 0.132. The molecule has 0 aromatic carbocycles. The van der Waals surface area contributed by atoms with Gasteiger partial charge in [0.2, 0.25) is 0 Å². The van der Waals surface area contributed by atoms with Crippen molar-refractivity contribution in [3.05, 3.63) is 44.3 Å². The molecular weight excluding hydrogens is 294 g/mol. The average molecular weight is 309 g/mol. The predicted molar refractivity (Wildman–Crippen MR) is 80.2 cm³/mol. The maximum atomic E-state index is 12.3. The number of aryl methyl sites for hydroxylation is 1. The van der Waals surface area contributed by atoms with Gasteiger partial charge in [0.1, 0.15) is 0 Å². The summed E-state index contributed by atoms with van der Waals surface area (Å²) in [5.74, 6) is -0.494. The zero-order valence-corrected chi connectivity index (χ0v) is 12.8. The standard InChI is InChI=1S/C14H15NO3S2/c1-9-5-7-20-13(9)14(17)15-10(8-12(16)18-2)11-4-3-6-19-11/h3-7,10H,8H2,1-2H3,(H,15,17)/t10-/m1/s1. The summed E-state index contributed by atoms with van der Waals surface area (Å²) < 4.78 is 4.69. The van der Waals surface area contributed by atoms with E-state index in [2.05, 4.69) is 5.32 Å². The molecule has 2 aromatic rings. The molecule has 0 aliphatic heterocycles. The van der Waals surface area contributed by atoms with Crippen LogP contribution in [0.3, 0.4) is 0 Å². The van der Waals surface area contributed by atoms with Crippen LogP contribution in [0.4, 0.5) is 0 Å². The van der Waals surface area contributed by atoms with Crippen molar-refractivity contribution in [2.24, 2.45) is 0 Å². The van der Waals surface area contributed by atoms with E-state index >= 15 is 0 Å². The first-order chi connectivity index (χ1) is 9.61. The van der Waals surface area contributed by atoms with Crippen molar-refractivity contribution in [2.45, 2.75) is 19.4 Å². The molecule has 4 nitrogen and oxygen atoms in total. The van der Waals surface area contributed by atoms with E-state index in [-0.39, 0.29) is 24.3 Å². The van der Waals surface area contributed by atoms with Gasteiger partial charge in [-0.2, -0.15) is 0 Å². The number of hydrogen-bond donors (Lipinski definition) is 1. The Balaban J connectivity index is 2.14. The van der Waals surface area contributed by atoms with E-state index in [0.29, 0.717) is 4.88 Å². The molecule has 2 aromatic heterocycles. The Labute approximate surface area is 125 Å². The fraction of sp³-hybridized carbons (Fsp3) is 0.286. The van der Waals surface area contributed by atoms with Gasteiger partial charge in [-0.15, -0.1) is 22.7 Å². The fourth-order valence-electron chi connectivity index (χ4n) is 1.79. The smallest absolute Gasteiger partial charge is 0.307 e. The van der Waals surface area contributed by atoms with Crippen molar-refractivity contribution in [3.63, 3.8) is 0 Å². The SMILES string of the molecule is COC(=O)C[C@@H](NC(=O)c1sccc1C)c1cccs1. The highest BCUT2D eigenvalue weighted by atomic mass is 32.1. The summed E-state index contributed by atoms with van der Waals surface area (Å²) in [5.41, 5.74) is 0.940. The molecule has 0 saturated carbocycles. The van der Waals surface area contributed by atoms with Crippen molar-refractivity contribution in [1.82, 2.24) is 5.32 Å². The number of carbonyl (C=O) groups excluding carboxylic acids is 2. The number of hydrogen-bond acceptors (Lipinski definition) is 5. The molecule has 106 valence electrons. The van der Waals surface area contributed by atoms with Crippen LogP contribution in [0.1, 0.15) is 32.6 Å². The molecule has 6 heteroatoms. The molecule has 2 heterocycles. The Bertz CT molecular complexity index is 589. The Morgan fingerprint density at radius 2 is 2.10 bits per heavy atom. The maximum absolute atomic E-state index is 12.3. The van der Waals surface area contributed by atoms with E-state index in [4.69, 9.17) is 4.74 Å². The third-order valence-electron chi connectivity index (χ3n) is 2.86. The molecule has 1 atom stereocenters. The normalized spacial score (nSPS) is 11.9. The van der Waals surface area contributed by atoms with Gasteiger partial charge in [0.05, 0.1) is 24.4 Å². The van der Waals surface area contributed by atoms with Crippen molar-refractivity contribution < 1.29 is 14.3 Å². The third-order valence-corrected chi connectivity index (χ3v) is 4.86. The van der Waals surface area contributed by atoms with E-state index in [9.17, 15) is 9.59 Å². The highest BCUT2D eigenvalue weighted by molar-refractivity contribution is 7.12. The Morgan fingerprint density at radius 1 is 1.30 bits per heavy atom. The predicted octanol–water partition coefficient (Wildman–Crippen LogP) is 3.15. The third kappa shape index (κ3) is 3.46. The van der Waals surface area contributed by atoms with Gasteiger partial charge in [-0.1, -0.05) is 6.07 Å². The van der Waals surface area contributed by atoms with E-state index in [0.717, 1.165) is 10.4 Å². The van der Waals surface area contributed by atoms with Crippen LogP contribution < -0.4 is 5.32 Å².